The number of anilines is 2. The minimum Gasteiger partial charge on any atom is -0.478 e. The first-order chi connectivity index (χ1) is 8.80. The maximum atomic E-state index is 11.2. The summed E-state index contributed by atoms with van der Waals surface area (Å²) in [6, 6.07) is 3.58. The van der Waals surface area contributed by atoms with E-state index in [0.29, 0.717) is 12.3 Å². The van der Waals surface area contributed by atoms with Crippen LogP contribution in [0.3, 0.4) is 0 Å². The van der Waals surface area contributed by atoms with Gasteiger partial charge in [-0.2, -0.15) is 0 Å². The first-order valence-corrected chi connectivity index (χ1v) is 6.32. The van der Waals surface area contributed by atoms with E-state index in [1.807, 2.05) is 26.8 Å². The Labute approximate surface area is 113 Å². The van der Waals surface area contributed by atoms with Gasteiger partial charge in [-0.05, 0) is 38.5 Å². The second-order valence-electron chi connectivity index (χ2n) is 5.56. The van der Waals surface area contributed by atoms with E-state index in [4.69, 9.17) is 10.5 Å². The van der Waals surface area contributed by atoms with E-state index in [2.05, 4.69) is 4.90 Å². The molecule has 3 N–H and O–H groups in total. The van der Waals surface area contributed by atoms with Crippen LogP contribution in [0.1, 0.15) is 29.8 Å². The fourth-order valence-corrected chi connectivity index (χ4v) is 2.38. The fraction of sp³-hybridized carbons (Fsp3) is 0.500. The van der Waals surface area contributed by atoms with Crippen LogP contribution in [-0.2, 0) is 4.74 Å². The predicted molar refractivity (Wildman–Crippen MR) is 74.8 cm³/mol. The lowest BCUT2D eigenvalue weighted by atomic mass is 10.0. The molecule has 0 atom stereocenters. The Balaban J connectivity index is 2.37. The van der Waals surface area contributed by atoms with Gasteiger partial charge in [0.2, 0.25) is 0 Å². The van der Waals surface area contributed by atoms with Gasteiger partial charge >= 0.3 is 5.97 Å². The molecular formula is C14H20N2O3. The molecule has 1 saturated heterocycles. The van der Waals surface area contributed by atoms with Gasteiger partial charge in [0, 0.05) is 24.5 Å². The number of rotatable bonds is 2. The van der Waals surface area contributed by atoms with Gasteiger partial charge in [0.15, 0.2) is 0 Å². The number of morpholine rings is 1. The molecule has 1 aromatic carbocycles. The molecule has 1 aromatic rings. The van der Waals surface area contributed by atoms with Crippen molar-refractivity contribution in [1.29, 1.82) is 0 Å². The number of aryl methyl sites for hydroxylation is 1. The van der Waals surface area contributed by atoms with Crippen molar-refractivity contribution in [2.45, 2.75) is 26.4 Å². The third-order valence-electron chi connectivity index (χ3n) is 3.39. The Morgan fingerprint density at radius 2 is 2.16 bits per heavy atom. The maximum absolute atomic E-state index is 11.2. The molecule has 19 heavy (non-hydrogen) atoms. The molecule has 0 amide bonds. The van der Waals surface area contributed by atoms with E-state index in [0.717, 1.165) is 24.3 Å². The molecule has 1 aliphatic rings. The van der Waals surface area contributed by atoms with Gasteiger partial charge in [0.25, 0.3) is 0 Å². The molecule has 1 fully saturated rings. The molecule has 0 aromatic heterocycles. The van der Waals surface area contributed by atoms with Crippen LogP contribution >= 0.6 is 0 Å². The van der Waals surface area contributed by atoms with Crippen molar-refractivity contribution in [2.24, 2.45) is 0 Å². The highest BCUT2D eigenvalue weighted by Crippen LogP contribution is 2.28. The predicted octanol–water partition coefficient (Wildman–Crippen LogP) is 1.89. The van der Waals surface area contributed by atoms with Crippen LogP contribution in [0.4, 0.5) is 11.4 Å². The molecule has 104 valence electrons. The molecule has 0 radical (unpaired) electrons. The van der Waals surface area contributed by atoms with Gasteiger partial charge in [-0.3, -0.25) is 0 Å². The topological polar surface area (TPSA) is 75.8 Å². The van der Waals surface area contributed by atoms with E-state index in [-0.39, 0.29) is 11.2 Å². The summed E-state index contributed by atoms with van der Waals surface area (Å²) in [4.78, 5) is 13.4. The number of nitrogen functional groups attached to an aromatic ring is 1. The van der Waals surface area contributed by atoms with Gasteiger partial charge in [-0.15, -0.1) is 0 Å². The van der Waals surface area contributed by atoms with Crippen molar-refractivity contribution in [3.8, 4) is 0 Å². The molecule has 0 aliphatic carbocycles. The molecule has 1 aliphatic heterocycles. The summed E-state index contributed by atoms with van der Waals surface area (Å²) in [5, 5.41) is 9.19. The zero-order valence-electron chi connectivity index (χ0n) is 11.6. The van der Waals surface area contributed by atoms with Crippen LogP contribution in [0, 0.1) is 6.92 Å². The van der Waals surface area contributed by atoms with Gasteiger partial charge < -0.3 is 20.5 Å². The minimum atomic E-state index is -0.991. The Kier molecular flexibility index (Phi) is 3.41. The summed E-state index contributed by atoms with van der Waals surface area (Å²) in [5.41, 5.74) is 7.77. The number of aromatic carboxylic acids is 1. The number of carbonyl (C=O) groups is 1. The van der Waals surface area contributed by atoms with Crippen molar-refractivity contribution in [3.05, 3.63) is 23.3 Å². The molecule has 0 saturated carbocycles. The highest BCUT2D eigenvalue weighted by atomic mass is 16.5. The highest BCUT2D eigenvalue weighted by molar-refractivity contribution is 5.95. The largest absolute Gasteiger partial charge is 0.478 e. The summed E-state index contributed by atoms with van der Waals surface area (Å²) >= 11 is 0. The third kappa shape index (κ3) is 2.81. The van der Waals surface area contributed by atoms with E-state index < -0.39 is 5.97 Å². The van der Waals surface area contributed by atoms with Gasteiger partial charge in [-0.25, -0.2) is 4.79 Å². The minimum absolute atomic E-state index is 0.166. The number of carboxylic acids is 1. The summed E-state index contributed by atoms with van der Waals surface area (Å²) < 4.78 is 5.67. The van der Waals surface area contributed by atoms with Crippen molar-refractivity contribution in [3.63, 3.8) is 0 Å². The normalized spacial score (nSPS) is 18.4. The molecule has 2 rings (SSSR count). The number of ether oxygens (including phenoxy) is 1. The van der Waals surface area contributed by atoms with E-state index >= 15 is 0 Å². The van der Waals surface area contributed by atoms with Crippen molar-refractivity contribution >= 4 is 17.3 Å². The van der Waals surface area contributed by atoms with E-state index in [9.17, 15) is 9.90 Å². The third-order valence-corrected chi connectivity index (χ3v) is 3.39. The van der Waals surface area contributed by atoms with Crippen LogP contribution in [0.15, 0.2) is 12.1 Å². The first kappa shape index (κ1) is 13.7. The highest BCUT2D eigenvalue weighted by Gasteiger charge is 2.28. The molecule has 0 spiro atoms. The van der Waals surface area contributed by atoms with Gasteiger partial charge in [-0.1, -0.05) is 0 Å². The average Bonchev–Trinajstić information content (AvgIpc) is 2.30. The Bertz CT molecular complexity index is 512. The van der Waals surface area contributed by atoms with Crippen LogP contribution in [0.25, 0.3) is 0 Å². The zero-order valence-corrected chi connectivity index (χ0v) is 11.6. The maximum Gasteiger partial charge on any atom is 0.337 e. The molecule has 5 nitrogen and oxygen atoms in total. The van der Waals surface area contributed by atoms with E-state index in [1.165, 1.54) is 0 Å². The SMILES string of the molecule is Cc1cc(N2CCOC(C)(C)C2)cc(C(=O)O)c1N. The zero-order chi connectivity index (χ0) is 14.2. The molecule has 1 heterocycles. The van der Waals surface area contributed by atoms with Crippen LogP contribution in [-0.4, -0.2) is 36.4 Å². The van der Waals surface area contributed by atoms with Crippen LogP contribution in [0.5, 0.6) is 0 Å². The number of hydrogen-bond donors (Lipinski definition) is 2. The molecule has 0 bridgehead atoms. The summed E-state index contributed by atoms with van der Waals surface area (Å²) in [6.07, 6.45) is 0. The lowest BCUT2D eigenvalue weighted by Gasteiger charge is -2.39. The monoisotopic (exact) mass is 264 g/mol. The fourth-order valence-electron chi connectivity index (χ4n) is 2.38. The first-order valence-electron chi connectivity index (χ1n) is 6.32. The van der Waals surface area contributed by atoms with Crippen LogP contribution < -0.4 is 10.6 Å². The summed E-state index contributed by atoms with van der Waals surface area (Å²) in [6.45, 7) is 8.01. The van der Waals surface area contributed by atoms with Crippen LogP contribution in [0.2, 0.25) is 0 Å². The van der Waals surface area contributed by atoms with Crippen molar-refractivity contribution < 1.29 is 14.6 Å². The lowest BCUT2D eigenvalue weighted by molar-refractivity contribution is -0.0276. The second-order valence-corrected chi connectivity index (χ2v) is 5.56. The van der Waals surface area contributed by atoms with Gasteiger partial charge in [0.1, 0.15) is 0 Å². The average molecular weight is 264 g/mol. The van der Waals surface area contributed by atoms with Crippen molar-refractivity contribution in [2.75, 3.05) is 30.3 Å². The Morgan fingerprint density at radius 3 is 2.74 bits per heavy atom. The Hall–Kier alpha value is -1.75. The summed E-state index contributed by atoms with van der Waals surface area (Å²) in [5.74, 6) is -0.991. The smallest absolute Gasteiger partial charge is 0.337 e. The number of benzene rings is 1. The van der Waals surface area contributed by atoms with Crippen molar-refractivity contribution in [1.82, 2.24) is 0 Å². The molecule has 5 heteroatoms. The number of carboxylic acid groups (broad SMARTS) is 1. The molecule has 0 unspecified atom stereocenters. The Morgan fingerprint density at radius 1 is 1.47 bits per heavy atom. The standard InChI is InChI=1S/C14H20N2O3/c1-9-6-10(7-11(12(9)15)13(17)18)16-4-5-19-14(2,3)8-16/h6-7H,4-5,8,15H2,1-3H3,(H,17,18). The van der Waals surface area contributed by atoms with E-state index in [1.54, 1.807) is 6.07 Å². The number of hydrogen-bond acceptors (Lipinski definition) is 4. The number of nitrogens with zero attached hydrogens (tertiary/aromatic N) is 1. The van der Waals surface area contributed by atoms with Gasteiger partial charge in [0.05, 0.1) is 17.8 Å². The second kappa shape index (κ2) is 4.74. The number of nitrogens with two attached hydrogens (primary N) is 1. The summed E-state index contributed by atoms with van der Waals surface area (Å²) in [7, 11) is 0. The quantitative estimate of drug-likeness (QED) is 0.798. The lowest BCUT2D eigenvalue weighted by Crippen LogP contribution is -2.48. The molecular weight excluding hydrogens is 244 g/mol.